The Morgan fingerprint density at radius 1 is 1.18 bits per heavy atom. The molecule has 1 aromatic heterocycles. The highest BCUT2D eigenvalue weighted by Crippen LogP contribution is 2.29. The molecule has 0 fully saturated rings. The first kappa shape index (κ1) is 19.7. The number of nitrogens with one attached hydrogen (secondary N) is 2. The molecule has 0 aliphatic carbocycles. The summed E-state index contributed by atoms with van der Waals surface area (Å²) < 4.78 is 39.6. The third kappa shape index (κ3) is 4.61. The lowest BCUT2D eigenvalue weighted by Gasteiger charge is -2.13. The quantitative estimate of drug-likeness (QED) is 0.600. The molecule has 0 aliphatic rings. The van der Waals surface area contributed by atoms with Crippen LogP contribution in [-0.4, -0.2) is 33.2 Å². The smallest absolute Gasteiger partial charge is 0.392 e. The minimum Gasteiger partial charge on any atom is -0.392 e. The molecule has 3 aromatic rings. The number of nitrogens with zero attached hydrogens (tertiary/aromatic N) is 2. The lowest BCUT2D eigenvalue weighted by atomic mass is 10.2. The van der Waals surface area contributed by atoms with Crippen molar-refractivity contribution in [2.75, 3.05) is 17.2 Å². The highest BCUT2D eigenvalue weighted by molar-refractivity contribution is 5.92. The summed E-state index contributed by atoms with van der Waals surface area (Å²) in [6.07, 6.45) is -5.03. The van der Waals surface area contributed by atoms with Gasteiger partial charge in [0, 0.05) is 12.2 Å². The van der Waals surface area contributed by atoms with Crippen LogP contribution in [-0.2, 0) is 17.5 Å². The van der Waals surface area contributed by atoms with E-state index >= 15 is 0 Å². The second-order valence-corrected chi connectivity index (χ2v) is 6.36. The number of halogens is 3. The normalized spacial score (nSPS) is 12.8. The van der Waals surface area contributed by atoms with Gasteiger partial charge in [0.05, 0.1) is 22.7 Å². The fourth-order valence-corrected chi connectivity index (χ4v) is 2.70. The van der Waals surface area contributed by atoms with Crippen LogP contribution in [0.4, 0.5) is 24.8 Å². The van der Waals surface area contributed by atoms with Gasteiger partial charge in [-0.05, 0) is 43.3 Å². The Kier molecular flexibility index (Phi) is 5.55. The van der Waals surface area contributed by atoms with Crippen LogP contribution in [0.1, 0.15) is 12.5 Å². The Hall–Kier alpha value is -3.07. The number of carbonyl (C=O) groups excluding carboxylic acids is 1. The largest absolute Gasteiger partial charge is 0.416 e. The minimum absolute atomic E-state index is 0.0936. The third-order valence-corrected chi connectivity index (χ3v) is 4.01. The van der Waals surface area contributed by atoms with Crippen molar-refractivity contribution >= 4 is 28.6 Å². The Balaban J connectivity index is 1.77. The van der Waals surface area contributed by atoms with E-state index in [1.54, 1.807) is 23.6 Å². The van der Waals surface area contributed by atoms with Crippen molar-refractivity contribution in [1.29, 1.82) is 0 Å². The average Bonchev–Trinajstić information content (AvgIpc) is 2.97. The van der Waals surface area contributed by atoms with E-state index in [0.29, 0.717) is 11.5 Å². The van der Waals surface area contributed by atoms with Gasteiger partial charge >= 0.3 is 6.18 Å². The molecular weight excluding hydrogens is 373 g/mol. The first-order chi connectivity index (χ1) is 13.2. The van der Waals surface area contributed by atoms with Crippen LogP contribution >= 0.6 is 0 Å². The maximum atomic E-state index is 12.6. The van der Waals surface area contributed by atoms with Gasteiger partial charge in [0.1, 0.15) is 6.54 Å². The van der Waals surface area contributed by atoms with Gasteiger partial charge in [-0.15, -0.1) is 0 Å². The Morgan fingerprint density at radius 3 is 2.50 bits per heavy atom. The molecule has 1 atom stereocenters. The van der Waals surface area contributed by atoms with Crippen LogP contribution in [0.25, 0.3) is 11.0 Å². The molecule has 3 N–H and O–H groups in total. The monoisotopic (exact) mass is 392 g/mol. The van der Waals surface area contributed by atoms with Crippen LogP contribution in [0.3, 0.4) is 0 Å². The zero-order valence-electron chi connectivity index (χ0n) is 15.0. The molecule has 0 saturated heterocycles. The van der Waals surface area contributed by atoms with E-state index in [9.17, 15) is 23.1 Å². The average molecular weight is 392 g/mol. The van der Waals surface area contributed by atoms with Crippen molar-refractivity contribution in [3.05, 3.63) is 54.1 Å². The Bertz CT molecular complexity index is 965. The molecule has 0 unspecified atom stereocenters. The van der Waals surface area contributed by atoms with Crippen molar-refractivity contribution in [1.82, 2.24) is 9.55 Å². The van der Waals surface area contributed by atoms with Crippen molar-refractivity contribution in [2.45, 2.75) is 25.7 Å². The van der Waals surface area contributed by atoms with Crippen molar-refractivity contribution in [2.24, 2.45) is 0 Å². The van der Waals surface area contributed by atoms with Gasteiger partial charge in [-0.2, -0.15) is 13.2 Å². The van der Waals surface area contributed by atoms with E-state index in [4.69, 9.17) is 0 Å². The number of rotatable bonds is 6. The van der Waals surface area contributed by atoms with Gasteiger partial charge < -0.3 is 20.3 Å². The highest BCUT2D eigenvalue weighted by atomic mass is 19.4. The minimum atomic E-state index is -4.43. The van der Waals surface area contributed by atoms with Crippen LogP contribution in [0.2, 0.25) is 0 Å². The predicted octanol–water partition coefficient (Wildman–Crippen LogP) is 3.49. The number of alkyl halides is 3. The maximum Gasteiger partial charge on any atom is 0.416 e. The number of aliphatic hydroxyl groups is 1. The molecule has 1 heterocycles. The summed E-state index contributed by atoms with van der Waals surface area (Å²) in [4.78, 5) is 16.9. The van der Waals surface area contributed by atoms with Crippen LogP contribution in [0.5, 0.6) is 0 Å². The molecule has 0 spiro atoms. The summed E-state index contributed by atoms with van der Waals surface area (Å²) in [6, 6.07) is 11.5. The number of anilines is 2. The fraction of sp³-hybridized carbons (Fsp3) is 0.263. The van der Waals surface area contributed by atoms with Gasteiger partial charge in [0.15, 0.2) is 0 Å². The lowest BCUT2D eigenvalue weighted by Crippen LogP contribution is -2.22. The Labute approximate surface area is 159 Å². The molecule has 3 rings (SSSR count). The maximum absolute atomic E-state index is 12.6. The molecular formula is C19H19F3N4O2. The summed E-state index contributed by atoms with van der Waals surface area (Å²) in [6.45, 7) is 1.78. The molecule has 0 aliphatic heterocycles. The Morgan fingerprint density at radius 2 is 1.86 bits per heavy atom. The number of hydrogen-bond donors (Lipinski definition) is 3. The SMILES string of the molecule is C[C@H](O)CNc1nc2ccccc2n1CC(=O)Nc1ccc(C(F)(F)F)cc1. The molecule has 28 heavy (non-hydrogen) atoms. The number of amides is 1. The molecule has 6 nitrogen and oxygen atoms in total. The summed E-state index contributed by atoms with van der Waals surface area (Å²) in [5.41, 5.74) is 0.882. The molecule has 9 heteroatoms. The number of aromatic nitrogens is 2. The number of imidazole rings is 1. The van der Waals surface area contributed by atoms with Crippen molar-refractivity contribution < 1.29 is 23.1 Å². The molecule has 0 radical (unpaired) electrons. The van der Waals surface area contributed by atoms with E-state index in [0.717, 1.165) is 17.6 Å². The van der Waals surface area contributed by atoms with Crippen LogP contribution in [0, 0.1) is 0 Å². The van der Waals surface area contributed by atoms with Gasteiger partial charge in [-0.1, -0.05) is 12.1 Å². The van der Waals surface area contributed by atoms with Gasteiger partial charge in [0.2, 0.25) is 11.9 Å². The topological polar surface area (TPSA) is 79.2 Å². The summed E-state index contributed by atoms with van der Waals surface area (Å²) in [7, 11) is 0. The summed E-state index contributed by atoms with van der Waals surface area (Å²) in [5.74, 6) is 0.00711. The third-order valence-electron chi connectivity index (χ3n) is 4.01. The predicted molar refractivity (Wildman–Crippen MR) is 100.0 cm³/mol. The van der Waals surface area contributed by atoms with E-state index < -0.39 is 23.8 Å². The van der Waals surface area contributed by atoms with E-state index in [1.807, 2.05) is 12.1 Å². The first-order valence-corrected chi connectivity index (χ1v) is 8.58. The van der Waals surface area contributed by atoms with Crippen LogP contribution in [0.15, 0.2) is 48.5 Å². The zero-order valence-corrected chi connectivity index (χ0v) is 15.0. The standard InChI is InChI=1S/C19H19F3N4O2/c1-12(27)10-23-18-25-15-4-2-3-5-16(15)26(18)11-17(28)24-14-8-6-13(7-9-14)19(20,21)22/h2-9,12,27H,10-11H2,1H3,(H,23,25)(H,24,28)/t12-/m0/s1. The molecule has 2 aromatic carbocycles. The van der Waals surface area contributed by atoms with E-state index in [-0.39, 0.29) is 18.8 Å². The molecule has 1 amide bonds. The van der Waals surface area contributed by atoms with Crippen molar-refractivity contribution in [3.63, 3.8) is 0 Å². The van der Waals surface area contributed by atoms with E-state index in [2.05, 4.69) is 15.6 Å². The molecule has 0 bridgehead atoms. The van der Waals surface area contributed by atoms with E-state index in [1.165, 1.54) is 12.1 Å². The van der Waals surface area contributed by atoms with Gasteiger partial charge in [-0.3, -0.25) is 4.79 Å². The van der Waals surface area contributed by atoms with Gasteiger partial charge in [-0.25, -0.2) is 4.98 Å². The molecule has 0 saturated carbocycles. The lowest BCUT2D eigenvalue weighted by molar-refractivity contribution is -0.137. The van der Waals surface area contributed by atoms with Crippen LogP contribution < -0.4 is 10.6 Å². The summed E-state index contributed by atoms with van der Waals surface area (Å²) >= 11 is 0. The molecule has 148 valence electrons. The number of benzene rings is 2. The second-order valence-electron chi connectivity index (χ2n) is 6.36. The van der Waals surface area contributed by atoms with Crippen molar-refractivity contribution in [3.8, 4) is 0 Å². The fourth-order valence-electron chi connectivity index (χ4n) is 2.70. The number of para-hydroxylation sites is 2. The van der Waals surface area contributed by atoms with Gasteiger partial charge in [0.25, 0.3) is 0 Å². The number of fused-ring (bicyclic) bond motifs is 1. The summed E-state index contributed by atoms with van der Waals surface area (Å²) in [5, 5.41) is 15.1. The zero-order chi connectivity index (χ0) is 20.3. The first-order valence-electron chi connectivity index (χ1n) is 8.58. The number of carbonyl (C=O) groups is 1. The number of aliphatic hydroxyl groups excluding tert-OH is 1. The second kappa shape index (κ2) is 7.89. The highest BCUT2D eigenvalue weighted by Gasteiger charge is 2.30. The number of hydrogen-bond acceptors (Lipinski definition) is 4.